The largest absolute Gasteiger partial charge is 0.497 e. The second kappa shape index (κ2) is 6.16. The summed E-state index contributed by atoms with van der Waals surface area (Å²) >= 11 is 0. The van der Waals surface area contributed by atoms with E-state index in [2.05, 4.69) is 0 Å². The Kier molecular flexibility index (Phi) is 4.17. The maximum absolute atomic E-state index is 13.0. The van der Waals surface area contributed by atoms with Crippen molar-refractivity contribution >= 4 is 17.5 Å². The van der Waals surface area contributed by atoms with Crippen molar-refractivity contribution in [3.63, 3.8) is 0 Å². The van der Waals surface area contributed by atoms with Crippen molar-refractivity contribution < 1.29 is 19.1 Å². The molecule has 1 aliphatic rings. The van der Waals surface area contributed by atoms with Crippen molar-refractivity contribution in [2.75, 3.05) is 7.11 Å². The van der Waals surface area contributed by atoms with Crippen LogP contribution in [0, 0.1) is 0 Å². The van der Waals surface area contributed by atoms with Crippen molar-refractivity contribution in [1.29, 1.82) is 0 Å². The van der Waals surface area contributed by atoms with Crippen molar-refractivity contribution in [1.82, 2.24) is 4.90 Å². The molecule has 0 bridgehead atoms. The minimum absolute atomic E-state index is 0.334. The normalized spacial score (nSPS) is 17.7. The molecule has 3 rings (SSSR count). The Balaban J connectivity index is 2.09. The third-order valence-corrected chi connectivity index (χ3v) is 4.69. The average Bonchev–Trinajstić information content (AvgIpc) is 3.33. The molecule has 0 unspecified atom stereocenters. The Morgan fingerprint density at radius 1 is 0.960 bits per heavy atom. The van der Waals surface area contributed by atoms with Crippen LogP contribution >= 0.6 is 0 Å². The Morgan fingerprint density at radius 3 is 2.16 bits per heavy atom. The van der Waals surface area contributed by atoms with Gasteiger partial charge < -0.3 is 9.64 Å². The summed E-state index contributed by atoms with van der Waals surface area (Å²) in [5, 5.41) is 0. The van der Waals surface area contributed by atoms with Crippen LogP contribution < -0.4 is 4.74 Å². The monoisotopic (exact) mass is 337 g/mol. The van der Waals surface area contributed by atoms with E-state index in [0.29, 0.717) is 16.9 Å². The molecule has 5 heteroatoms. The van der Waals surface area contributed by atoms with Crippen LogP contribution in [0.4, 0.5) is 0 Å². The number of hydrogen-bond donors (Lipinski definition) is 0. The third kappa shape index (κ3) is 2.52. The fraction of sp³-hybridized carbons (Fsp3) is 0.250. The van der Waals surface area contributed by atoms with Gasteiger partial charge in [0, 0.05) is 5.56 Å². The van der Waals surface area contributed by atoms with Gasteiger partial charge in [-0.1, -0.05) is 30.3 Å². The number of amides is 1. The summed E-state index contributed by atoms with van der Waals surface area (Å²) in [5.74, 6) is -0.398. The molecule has 1 aliphatic heterocycles. The van der Waals surface area contributed by atoms with Crippen LogP contribution in [0.5, 0.6) is 5.75 Å². The summed E-state index contributed by atoms with van der Waals surface area (Å²) in [6.45, 7) is 2.71. The lowest BCUT2D eigenvalue weighted by molar-refractivity contribution is -0.129. The van der Waals surface area contributed by atoms with Crippen molar-refractivity contribution in [3.8, 4) is 5.75 Å². The first-order valence-electron chi connectivity index (χ1n) is 7.99. The first-order valence-corrected chi connectivity index (χ1v) is 7.99. The van der Waals surface area contributed by atoms with E-state index in [1.165, 1.54) is 18.7 Å². The number of carbonyl (C=O) groups excluding carboxylic acids is 3. The number of carbonyl (C=O) groups is 3. The zero-order chi connectivity index (χ0) is 18.2. The molecule has 0 N–H and O–H groups in total. The fourth-order valence-electron chi connectivity index (χ4n) is 3.46. The lowest BCUT2D eigenvalue weighted by Crippen LogP contribution is -2.37. The standard InChI is InChI=1S/C20H19NO4/c1-13(22)20(14(2)23)18(16-10-7-11-17(12-16)25-3)21(20)19(24)15-8-5-4-6-9-15/h4-12,18H,1-3H3/t18-,21?/m1/s1. The van der Waals surface area contributed by atoms with Gasteiger partial charge in [0.25, 0.3) is 5.91 Å². The van der Waals surface area contributed by atoms with Crippen molar-refractivity contribution in [3.05, 3.63) is 65.7 Å². The molecule has 1 saturated heterocycles. The van der Waals surface area contributed by atoms with Gasteiger partial charge in [0.05, 0.1) is 13.2 Å². The highest BCUT2D eigenvalue weighted by Crippen LogP contribution is 2.55. The van der Waals surface area contributed by atoms with Crippen LogP contribution in [0.15, 0.2) is 54.6 Å². The van der Waals surface area contributed by atoms with Crippen LogP contribution in [-0.2, 0) is 9.59 Å². The van der Waals surface area contributed by atoms with E-state index in [1.54, 1.807) is 55.6 Å². The number of benzene rings is 2. The van der Waals surface area contributed by atoms with Crippen LogP contribution in [0.1, 0.15) is 35.8 Å². The molecule has 1 heterocycles. The van der Waals surface area contributed by atoms with Crippen molar-refractivity contribution in [2.45, 2.75) is 25.4 Å². The fourth-order valence-corrected chi connectivity index (χ4v) is 3.46. The molecule has 25 heavy (non-hydrogen) atoms. The topological polar surface area (TPSA) is 63.5 Å². The quantitative estimate of drug-likeness (QED) is 0.622. The van der Waals surface area contributed by atoms with E-state index in [1.807, 2.05) is 6.07 Å². The second-order valence-corrected chi connectivity index (χ2v) is 6.10. The van der Waals surface area contributed by atoms with E-state index < -0.39 is 11.6 Å². The predicted molar refractivity (Wildman–Crippen MR) is 92.4 cm³/mol. The number of ether oxygens (including phenoxy) is 1. The summed E-state index contributed by atoms with van der Waals surface area (Å²) in [6.07, 6.45) is 0. The smallest absolute Gasteiger partial charge is 0.255 e. The molecule has 0 spiro atoms. The minimum Gasteiger partial charge on any atom is -0.497 e. The molecule has 0 aliphatic carbocycles. The Hall–Kier alpha value is -2.95. The summed E-state index contributed by atoms with van der Waals surface area (Å²) in [6, 6.07) is 15.1. The molecule has 0 radical (unpaired) electrons. The summed E-state index contributed by atoms with van der Waals surface area (Å²) in [4.78, 5) is 39.2. The van der Waals surface area contributed by atoms with Crippen molar-refractivity contribution in [2.24, 2.45) is 0 Å². The first kappa shape index (κ1) is 16.9. The average molecular weight is 337 g/mol. The number of ketones is 2. The molecule has 0 saturated carbocycles. The molecule has 2 aromatic carbocycles. The molecule has 0 aromatic heterocycles. The van der Waals surface area contributed by atoms with Gasteiger partial charge in [-0.05, 0) is 43.7 Å². The zero-order valence-electron chi connectivity index (χ0n) is 14.4. The summed E-state index contributed by atoms with van der Waals surface area (Å²) < 4.78 is 5.23. The Morgan fingerprint density at radius 2 is 1.60 bits per heavy atom. The SMILES string of the molecule is COc1cccc([C@H]2N(C(=O)c3ccccc3)C2(C(C)=O)C(C)=O)c1. The first-order chi connectivity index (χ1) is 11.9. The lowest BCUT2D eigenvalue weighted by atomic mass is 9.92. The van der Waals surface area contributed by atoms with Crippen LogP contribution in [-0.4, -0.2) is 35.0 Å². The predicted octanol–water partition coefficient (Wildman–Crippen LogP) is 2.81. The van der Waals surface area contributed by atoms with Gasteiger partial charge >= 0.3 is 0 Å². The highest BCUT2D eigenvalue weighted by molar-refractivity contribution is 6.19. The zero-order valence-corrected chi connectivity index (χ0v) is 14.4. The van der Waals surface area contributed by atoms with Crippen LogP contribution in [0.2, 0.25) is 0 Å². The third-order valence-electron chi connectivity index (χ3n) is 4.69. The van der Waals surface area contributed by atoms with Crippen LogP contribution in [0.25, 0.3) is 0 Å². The maximum Gasteiger partial charge on any atom is 0.255 e. The van der Waals surface area contributed by atoms with Gasteiger partial charge in [-0.15, -0.1) is 0 Å². The van der Waals surface area contributed by atoms with Gasteiger partial charge in [0.15, 0.2) is 17.1 Å². The number of methoxy groups -OCH3 is 1. The lowest BCUT2D eigenvalue weighted by Gasteiger charge is -2.10. The van der Waals surface area contributed by atoms with Crippen LogP contribution in [0.3, 0.4) is 0 Å². The van der Waals surface area contributed by atoms with E-state index >= 15 is 0 Å². The summed E-state index contributed by atoms with van der Waals surface area (Å²) in [7, 11) is 1.54. The second-order valence-electron chi connectivity index (χ2n) is 6.10. The Bertz CT molecular complexity index is 830. The molecular weight excluding hydrogens is 318 g/mol. The number of rotatable bonds is 5. The number of nitrogens with zero attached hydrogens (tertiary/aromatic N) is 1. The van der Waals surface area contributed by atoms with E-state index in [9.17, 15) is 14.4 Å². The van der Waals surface area contributed by atoms with E-state index in [0.717, 1.165) is 0 Å². The molecule has 5 nitrogen and oxygen atoms in total. The van der Waals surface area contributed by atoms with Gasteiger partial charge in [0.1, 0.15) is 5.75 Å². The molecule has 1 fully saturated rings. The highest BCUT2D eigenvalue weighted by Gasteiger charge is 2.72. The van der Waals surface area contributed by atoms with Gasteiger partial charge in [-0.3, -0.25) is 14.4 Å². The highest BCUT2D eigenvalue weighted by atomic mass is 16.5. The minimum atomic E-state index is -1.45. The maximum atomic E-state index is 13.0. The van der Waals surface area contributed by atoms with E-state index in [-0.39, 0.29) is 17.5 Å². The molecule has 2 aromatic rings. The molecule has 1 atom stereocenters. The summed E-state index contributed by atoms with van der Waals surface area (Å²) in [5.41, 5.74) is -0.298. The van der Waals surface area contributed by atoms with Gasteiger partial charge in [0.2, 0.25) is 0 Å². The Labute approximate surface area is 146 Å². The van der Waals surface area contributed by atoms with Gasteiger partial charge in [-0.25, -0.2) is 0 Å². The molecular formula is C20H19NO4. The molecule has 128 valence electrons. The number of Topliss-reactive ketones (excluding diaryl/α,β-unsaturated/α-hetero) is 2. The van der Waals surface area contributed by atoms with Gasteiger partial charge in [-0.2, -0.15) is 0 Å². The number of hydrogen-bond acceptors (Lipinski definition) is 4. The molecule has 1 amide bonds. The van der Waals surface area contributed by atoms with E-state index in [4.69, 9.17) is 4.74 Å².